The molecule has 0 aliphatic heterocycles. The summed E-state index contributed by atoms with van der Waals surface area (Å²) >= 11 is 0. The molecule has 11 aromatic rings. The van der Waals surface area contributed by atoms with Gasteiger partial charge in [0.05, 0.1) is 11.1 Å². The second-order valence-corrected chi connectivity index (χ2v) is 16.7. The standard InChI is InChI=1S/C61H39N/c1-2-16-40(17-3-1)41-32-36-43(37-33-41)62(44-38-34-42(35-39-44)45-25-14-26-52-48-19-5-4-18-46(48)47-20-6-7-23-51(47)59(45)52)58-31-15-30-57-60(58)53-24-10-13-29-56(53)61(57)54-27-11-8-21-49(54)50-22-9-12-28-55(50)61/h1-39H. The molecule has 0 heterocycles. The molecule has 0 radical (unpaired) electrons. The summed E-state index contributed by atoms with van der Waals surface area (Å²) in [6.07, 6.45) is 0. The minimum Gasteiger partial charge on any atom is -0.310 e. The smallest absolute Gasteiger partial charge is 0.0726 e. The number of anilines is 3. The van der Waals surface area contributed by atoms with Crippen molar-refractivity contribution in [3.63, 3.8) is 0 Å². The molecule has 0 amide bonds. The minimum atomic E-state index is -0.427. The van der Waals surface area contributed by atoms with Crippen molar-refractivity contribution in [3.05, 3.63) is 259 Å². The number of hydrogen-bond acceptors (Lipinski definition) is 1. The van der Waals surface area contributed by atoms with E-state index in [0.29, 0.717) is 0 Å². The Balaban J connectivity index is 1.03. The van der Waals surface area contributed by atoms with Crippen molar-refractivity contribution < 1.29 is 0 Å². The first-order chi connectivity index (χ1) is 30.8. The van der Waals surface area contributed by atoms with Crippen LogP contribution >= 0.6 is 0 Å². The number of fused-ring (bicyclic) bond motifs is 16. The van der Waals surface area contributed by atoms with Crippen LogP contribution in [-0.4, -0.2) is 0 Å². The maximum Gasteiger partial charge on any atom is 0.0726 e. The van der Waals surface area contributed by atoms with Gasteiger partial charge in [0.25, 0.3) is 0 Å². The lowest BCUT2D eigenvalue weighted by Gasteiger charge is -2.32. The van der Waals surface area contributed by atoms with Gasteiger partial charge < -0.3 is 4.90 Å². The zero-order valence-electron chi connectivity index (χ0n) is 34.0. The maximum absolute atomic E-state index is 2.48. The van der Waals surface area contributed by atoms with Crippen molar-refractivity contribution in [2.45, 2.75) is 5.41 Å². The van der Waals surface area contributed by atoms with Crippen LogP contribution in [0.5, 0.6) is 0 Å². The third-order valence-electron chi connectivity index (χ3n) is 13.7. The second-order valence-electron chi connectivity index (χ2n) is 16.7. The molecule has 0 saturated heterocycles. The Morgan fingerprint density at radius 1 is 0.258 bits per heavy atom. The molecule has 288 valence electrons. The molecule has 62 heavy (non-hydrogen) atoms. The molecule has 11 aromatic carbocycles. The Hall–Kier alpha value is -8.00. The lowest BCUT2D eigenvalue weighted by Crippen LogP contribution is -2.26. The summed E-state index contributed by atoms with van der Waals surface area (Å²) in [5.74, 6) is 0. The molecule has 2 aliphatic rings. The Labute approximate surface area is 361 Å². The lowest BCUT2D eigenvalue weighted by molar-refractivity contribution is 0.794. The highest BCUT2D eigenvalue weighted by molar-refractivity contribution is 6.28. The quantitative estimate of drug-likeness (QED) is 0.157. The molecular formula is C61H39N. The molecule has 0 fully saturated rings. The van der Waals surface area contributed by atoms with E-state index in [0.717, 1.165) is 17.1 Å². The molecular weight excluding hydrogens is 747 g/mol. The van der Waals surface area contributed by atoms with E-state index >= 15 is 0 Å². The van der Waals surface area contributed by atoms with Gasteiger partial charge in [-0.1, -0.05) is 206 Å². The molecule has 0 N–H and O–H groups in total. The molecule has 0 atom stereocenters. The minimum absolute atomic E-state index is 0.427. The van der Waals surface area contributed by atoms with Gasteiger partial charge in [0.1, 0.15) is 0 Å². The zero-order valence-corrected chi connectivity index (χ0v) is 34.0. The molecule has 0 bridgehead atoms. The van der Waals surface area contributed by atoms with Crippen LogP contribution in [0.4, 0.5) is 17.1 Å². The molecule has 1 nitrogen and oxygen atoms in total. The third kappa shape index (κ3) is 4.85. The monoisotopic (exact) mass is 785 g/mol. The van der Waals surface area contributed by atoms with E-state index < -0.39 is 5.41 Å². The number of hydrogen-bond donors (Lipinski definition) is 0. The van der Waals surface area contributed by atoms with Crippen molar-refractivity contribution in [1.82, 2.24) is 0 Å². The Bertz CT molecular complexity index is 3470. The van der Waals surface area contributed by atoms with Crippen molar-refractivity contribution in [2.75, 3.05) is 4.90 Å². The summed E-state index contributed by atoms with van der Waals surface area (Å²) in [6, 6.07) is 87.7. The highest BCUT2D eigenvalue weighted by Crippen LogP contribution is 2.64. The van der Waals surface area contributed by atoms with Crippen molar-refractivity contribution >= 4 is 49.4 Å². The third-order valence-corrected chi connectivity index (χ3v) is 13.7. The van der Waals surface area contributed by atoms with Gasteiger partial charge in [-0.2, -0.15) is 0 Å². The molecule has 0 unspecified atom stereocenters. The lowest BCUT2D eigenvalue weighted by atomic mass is 9.70. The van der Waals surface area contributed by atoms with Crippen LogP contribution in [0.1, 0.15) is 22.3 Å². The number of rotatable bonds is 5. The van der Waals surface area contributed by atoms with E-state index in [1.165, 1.54) is 99.1 Å². The average Bonchev–Trinajstić information content (AvgIpc) is 3.83. The van der Waals surface area contributed by atoms with Crippen LogP contribution in [0.3, 0.4) is 0 Å². The predicted molar refractivity (Wildman–Crippen MR) is 261 cm³/mol. The molecule has 2 aliphatic carbocycles. The summed E-state index contributed by atoms with van der Waals surface area (Å²) in [6.45, 7) is 0. The molecule has 0 saturated carbocycles. The highest BCUT2D eigenvalue weighted by Gasteiger charge is 2.52. The maximum atomic E-state index is 2.48. The van der Waals surface area contributed by atoms with Gasteiger partial charge in [-0.25, -0.2) is 0 Å². The van der Waals surface area contributed by atoms with E-state index in [9.17, 15) is 0 Å². The predicted octanol–water partition coefficient (Wildman–Crippen LogP) is 16.3. The Morgan fingerprint density at radius 2 is 0.661 bits per heavy atom. The van der Waals surface area contributed by atoms with Gasteiger partial charge in [-0.05, 0) is 124 Å². The largest absolute Gasteiger partial charge is 0.310 e. The second kappa shape index (κ2) is 13.5. The van der Waals surface area contributed by atoms with Gasteiger partial charge >= 0.3 is 0 Å². The van der Waals surface area contributed by atoms with Crippen molar-refractivity contribution in [2.24, 2.45) is 0 Å². The van der Waals surface area contributed by atoms with Crippen LogP contribution in [0.2, 0.25) is 0 Å². The summed E-state index contributed by atoms with van der Waals surface area (Å²) in [7, 11) is 0. The van der Waals surface area contributed by atoms with Gasteiger partial charge in [-0.15, -0.1) is 0 Å². The molecule has 13 rings (SSSR count). The zero-order chi connectivity index (χ0) is 40.8. The first-order valence-electron chi connectivity index (χ1n) is 21.6. The highest BCUT2D eigenvalue weighted by atomic mass is 15.1. The van der Waals surface area contributed by atoms with E-state index in [1.807, 2.05) is 0 Å². The average molecular weight is 786 g/mol. The van der Waals surface area contributed by atoms with Gasteiger partial charge in [0.15, 0.2) is 0 Å². The first-order valence-corrected chi connectivity index (χ1v) is 21.6. The van der Waals surface area contributed by atoms with Crippen LogP contribution < -0.4 is 4.90 Å². The number of benzene rings is 11. The molecule has 1 spiro atoms. The van der Waals surface area contributed by atoms with Crippen LogP contribution in [0, 0.1) is 0 Å². The van der Waals surface area contributed by atoms with E-state index in [2.05, 4.69) is 241 Å². The normalized spacial score (nSPS) is 13.0. The van der Waals surface area contributed by atoms with Crippen LogP contribution in [-0.2, 0) is 5.41 Å². The molecule has 1 heteroatoms. The number of nitrogens with zero attached hydrogens (tertiary/aromatic N) is 1. The Morgan fingerprint density at radius 3 is 1.27 bits per heavy atom. The fourth-order valence-electron chi connectivity index (χ4n) is 11.2. The van der Waals surface area contributed by atoms with Crippen LogP contribution in [0.25, 0.3) is 76.8 Å². The SMILES string of the molecule is c1ccc(-c2ccc(N(c3ccc(-c4cccc5c6ccccc6c6ccccc6c45)cc3)c3cccc4c3-c3ccccc3C43c4ccccc4-c4ccccc43)cc2)cc1. The summed E-state index contributed by atoms with van der Waals surface area (Å²) in [5.41, 5.74) is 18.3. The summed E-state index contributed by atoms with van der Waals surface area (Å²) < 4.78 is 0. The van der Waals surface area contributed by atoms with Crippen molar-refractivity contribution in [1.29, 1.82) is 0 Å². The summed E-state index contributed by atoms with van der Waals surface area (Å²) in [5, 5.41) is 7.72. The van der Waals surface area contributed by atoms with E-state index in [4.69, 9.17) is 0 Å². The first kappa shape index (κ1) is 34.8. The fourth-order valence-corrected chi connectivity index (χ4v) is 11.2. The van der Waals surface area contributed by atoms with Crippen LogP contribution in [0.15, 0.2) is 237 Å². The van der Waals surface area contributed by atoms with Gasteiger partial charge in [0.2, 0.25) is 0 Å². The Kier molecular flexibility index (Phi) is 7.59. The van der Waals surface area contributed by atoms with E-state index in [1.54, 1.807) is 0 Å². The topological polar surface area (TPSA) is 3.24 Å². The fraction of sp³-hybridized carbons (Fsp3) is 0.0164. The van der Waals surface area contributed by atoms with Crippen molar-refractivity contribution in [3.8, 4) is 44.5 Å². The van der Waals surface area contributed by atoms with Gasteiger partial charge in [0, 0.05) is 16.9 Å². The van der Waals surface area contributed by atoms with Gasteiger partial charge in [-0.3, -0.25) is 0 Å². The molecule has 0 aromatic heterocycles. The van der Waals surface area contributed by atoms with E-state index in [-0.39, 0.29) is 0 Å². The summed E-state index contributed by atoms with van der Waals surface area (Å²) in [4.78, 5) is 2.48.